The number of benzene rings is 2. The summed E-state index contributed by atoms with van der Waals surface area (Å²) in [5.41, 5.74) is 6.48. The van der Waals surface area contributed by atoms with Gasteiger partial charge in [0.05, 0.1) is 25.8 Å². The number of nitrogen functional groups attached to an aromatic ring is 1. The van der Waals surface area contributed by atoms with E-state index in [0.29, 0.717) is 10.6 Å². The molecule has 0 saturated carbocycles. The van der Waals surface area contributed by atoms with Gasteiger partial charge in [0.15, 0.2) is 0 Å². The third kappa shape index (κ3) is 3.48. The average Bonchev–Trinajstić information content (AvgIpc) is 2.39. The Labute approximate surface area is 135 Å². The first-order valence-electron chi connectivity index (χ1n) is 5.74. The Morgan fingerprint density at radius 2 is 1.95 bits per heavy atom. The molecule has 3 N–H and O–H groups in total. The van der Waals surface area contributed by atoms with Crippen LogP contribution in [-0.4, -0.2) is 8.42 Å². The molecule has 8 heteroatoms. The van der Waals surface area contributed by atoms with Gasteiger partial charge in [0.25, 0.3) is 10.0 Å². The van der Waals surface area contributed by atoms with E-state index in [1.54, 1.807) is 6.92 Å². The van der Waals surface area contributed by atoms with E-state index in [0.717, 1.165) is 6.07 Å². The van der Waals surface area contributed by atoms with Crippen molar-refractivity contribution in [3.05, 3.63) is 51.2 Å². The molecule has 0 aromatic heterocycles. The van der Waals surface area contributed by atoms with Crippen LogP contribution in [0.2, 0.25) is 5.02 Å². The Balaban J connectivity index is 2.40. The second-order valence-corrected chi connectivity index (χ2v) is 7.29. The molecule has 0 spiro atoms. The third-order valence-electron chi connectivity index (χ3n) is 2.74. The smallest absolute Gasteiger partial charge is 0.261 e. The lowest BCUT2D eigenvalue weighted by molar-refractivity contribution is 0.601. The number of aryl methyl sites for hydroxylation is 1. The van der Waals surface area contributed by atoms with Gasteiger partial charge in [-0.05, 0) is 58.7 Å². The minimum absolute atomic E-state index is 0.0368. The fraction of sp³-hybridized carbons (Fsp3) is 0.0769. The summed E-state index contributed by atoms with van der Waals surface area (Å²) in [6.45, 7) is 1.65. The molecule has 0 radical (unpaired) electrons. The molecule has 21 heavy (non-hydrogen) atoms. The van der Waals surface area contributed by atoms with Crippen LogP contribution in [-0.2, 0) is 10.0 Å². The maximum Gasteiger partial charge on any atom is 0.261 e. The minimum atomic E-state index is -3.88. The Kier molecular flexibility index (Phi) is 4.46. The van der Waals surface area contributed by atoms with Crippen molar-refractivity contribution in [3.8, 4) is 0 Å². The average molecular weight is 394 g/mol. The monoisotopic (exact) mass is 392 g/mol. The van der Waals surface area contributed by atoms with Crippen LogP contribution in [0.3, 0.4) is 0 Å². The van der Waals surface area contributed by atoms with Crippen LogP contribution in [0, 0.1) is 12.7 Å². The molecule has 0 aliphatic heterocycles. The van der Waals surface area contributed by atoms with Crippen LogP contribution in [0.25, 0.3) is 0 Å². The molecule has 0 bridgehead atoms. The van der Waals surface area contributed by atoms with Crippen LogP contribution in [0.5, 0.6) is 0 Å². The standard InChI is InChI=1S/C13H11BrClFN2O2S/c1-7-4-9(6-12(17)13(7)15)21(19,20)18-8-2-3-10(14)11(16)5-8/h2-6,18H,17H2,1H3. The number of hydrogen-bond donors (Lipinski definition) is 2. The lowest BCUT2D eigenvalue weighted by Crippen LogP contribution is -2.14. The maximum atomic E-state index is 13.4. The van der Waals surface area contributed by atoms with Gasteiger partial charge in [-0.3, -0.25) is 4.72 Å². The minimum Gasteiger partial charge on any atom is -0.397 e. The molecule has 0 unspecified atom stereocenters. The van der Waals surface area contributed by atoms with Gasteiger partial charge in [0.2, 0.25) is 0 Å². The van der Waals surface area contributed by atoms with Crippen molar-refractivity contribution in [1.29, 1.82) is 0 Å². The number of anilines is 2. The first-order valence-corrected chi connectivity index (χ1v) is 8.39. The van der Waals surface area contributed by atoms with Crippen molar-refractivity contribution in [2.24, 2.45) is 0 Å². The number of halogens is 3. The van der Waals surface area contributed by atoms with Crippen molar-refractivity contribution >= 4 is 48.9 Å². The highest BCUT2D eigenvalue weighted by Crippen LogP contribution is 2.28. The van der Waals surface area contributed by atoms with Gasteiger partial charge in [-0.1, -0.05) is 11.6 Å². The second kappa shape index (κ2) is 5.82. The predicted molar refractivity (Wildman–Crippen MR) is 85.5 cm³/mol. The SMILES string of the molecule is Cc1cc(S(=O)(=O)Nc2ccc(Br)c(F)c2)cc(N)c1Cl. The van der Waals surface area contributed by atoms with Gasteiger partial charge < -0.3 is 5.73 Å². The zero-order valence-electron chi connectivity index (χ0n) is 10.8. The van der Waals surface area contributed by atoms with Crippen LogP contribution in [0.4, 0.5) is 15.8 Å². The number of nitrogens with one attached hydrogen (secondary N) is 1. The Morgan fingerprint density at radius 1 is 1.29 bits per heavy atom. The maximum absolute atomic E-state index is 13.4. The summed E-state index contributed by atoms with van der Waals surface area (Å²) in [6, 6.07) is 6.59. The van der Waals surface area contributed by atoms with Crippen LogP contribution < -0.4 is 10.5 Å². The molecule has 0 fully saturated rings. The van der Waals surface area contributed by atoms with Gasteiger partial charge in [0.1, 0.15) is 5.82 Å². The number of hydrogen-bond acceptors (Lipinski definition) is 3. The zero-order valence-corrected chi connectivity index (χ0v) is 14.0. The summed E-state index contributed by atoms with van der Waals surface area (Å²) < 4.78 is 40.5. The van der Waals surface area contributed by atoms with Gasteiger partial charge in [-0.15, -0.1) is 0 Å². The van der Waals surface area contributed by atoms with E-state index >= 15 is 0 Å². The fourth-order valence-corrected chi connectivity index (χ4v) is 3.22. The predicted octanol–water partition coefficient (Wildman–Crippen LogP) is 3.93. The van der Waals surface area contributed by atoms with E-state index < -0.39 is 15.8 Å². The van der Waals surface area contributed by atoms with Crippen molar-refractivity contribution in [1.82, 2.24) is 0 Å². The lowest BCUT2D eigenvalue weighted by Gasteiger charge is -2.11. The molecule has 0 amide bonds. The zero-order chi connectivity index (χ0) is 15.8. The van der Waals surface area contributed by atoms with Crippen molar-refractivity contribution in [3.63, 3.8) is 0 Å². The van der Waals surface area contributed by atoms with Gasteiger partial charge in [-0.25, -0.2) is 12.8 Å². The van der Waals surface area contributed by atoms with Gasteiger partial charge in [-0.2, -0.15) is 0 Å². The van der Waals surface area contributed by atoms with E-state index in [1.807, 2.05) is 0 Å². The van der Waals surface area contributed by atoms with Crippen LogP contribution >= 0.6 is 27.5 Å². The van der Waals surface area contributed by atoms with Crippen molar-refractivity contribution in [2.45, 2.75) is 11.8 Å². The van der Waals surface area contributed by atoms with E-state index in [9.17, 15) is 12.8 Å². The molecule has 112 valence electrons. The largest absolute Gasteiger partial charge is 0.397 e. The molecule has 0 heterocycles. The van der Waals surface area contributed by atoms with E-state index in [4.69, 9.17) is 17.3 Å². The number of sulfonamides is 1. The summed E-state index contributed by atoms with van der Waals surface area (Å²) >= 11 is 8.90. The Bertz CT molecular complexity index is 789. The quantitative estimate of drug-likeness (QED) is 0.776. The van der Waals surface area contributed by atoms with Crippen LogP contribution in [0.1, 0.15) is 5.56 Å². The van der Waals surface area contributed by atoms with E-state index in [1.165, 1.54) is 24.3 Å². The molecule has 4 nitrogen and oxygen atoms in total. The summed E-state index contributed by atoms with van der Waals surface area (Å²) in [5, 5.41) is 0.309. The highest BCUT2D eigenvalue weighted by Gasteiger charge is 2.17. The van der Waals surface area contributed by atoms with Crippen molar-refractivity contribution < 1.29 is 12.8 Å². The Hall–Kier alpha value is -1.31. The highest BCUT2D eigenvalue weighted by atomic mass is 79.9. The molecular formula is C13H11BrClFN2O2S. The molecule has 2 rings (SSSR count). The molecule has 0 saturated heterocycles. The molecule has 0 atom stereocenters. The highest BCUT2D eigenvalue weighted by molar-refractivity contribution is 9.10. The number of nitrogens with two attached hydrogens (primary N) is 1. The molecule has 2 aromatic rings. The first-order chi connectivity index (χ1) is 9.70. The fourth-order valence-electron chi connectivity index (χ4n) is 1.69. The van der Waals surface area contributed by atoms with E-state index in [-0.39, 0.29) is 20.7 Å². The second-order valence-electron chi connectivity index (χ2n) is 4.38. The molecule has 0 aliphatic rings. The summed E-state index contributed by atoms with van der Waals surface area (Å²) in [4.78, 5) is -0.0368. The molecular weight excluding hydrogens is 383 g/mol. The van der Waals surface area contributed by atoms with Crippen molar-refractivity contribution in [2.75, 3.05) is 10.5 Å². The normalized spacial score (nSPS) is 11.4. The van der Waals surface area contributed by atoms with Crippen LogP contribution in [0.15, 0.2) is 39.7 Å². The summed E-state index contributed by atoms with van der Waals surface area (Å²) in [6.07, 6.45) is 0. The lowest BCUT2D eigenvalue weighted by atomic mass is 10.2. The van der Waals surface area contributed by atoms with Gasteiger partial charge in [0, 0.05) is 0 Å². The topological polar surface area (TPSA) is 72.2 Å². The van der Waals surface area contributed by atoms with E-state index in [2.05, 4.69) is 20.7 Å². The third-order valence-corrected chi connectivity index (χ3v) is 5.26. The summed E-state index contributed by atoms with van der Waals surface area (Å²) in [5.74, 6) is -0.568. The molecule has 0 aliphatic carbocycles. The summed E-state index contributed by atoms with van der Waals surface area (Å²) in [7, 11) is -3.88. The molecule has 2 aromatic carbocycles. The first kappa shape index (κ1) is 16.1. The number of rotatable bonds is 3. The Morgan fingerprint density at radius 3 is 2.52 bits per heavy atom. The van der Waals surface area contributed by atoms with Gasteiger partial charge >= 0.3 is 0 Å².